The number of fused-ring (bicyclic) bond motifs is 2. The Bertz CT molecular complexity index is 1190. The van der Waals surface area contributed by atoms with Gasteiger partial charge in [-0.25, -0.2) is 9.37 Å². The van der Waals surface area contributed by atoms with Gasteiger partial charge in [0.1, 0.15) is 17.6 Å². The van der Waals surface area contributed by atoms with Crippen molar-refractivity contribution in [2.45, 2.75) is 57.3 Å². The van der Waals surface area contributed by atoms with Crippen molar-refractivity contribution < 1.29 is 9.50 Å². The summed E-state index contributed by atoms with van der Waals surface area (Å²) < 4.78 is 15.4. The van der Waals surface area contributed by atoms with Gasteiger partial charge in [-0.15, -0.1) is 25.2 Å². The van der Waals surface area contributed by atoms with Crippen LogP contribution in [0, 0.1) is 12.8 Å². The zero-order chi connectivity index (χ0) is 22.7. The average molecular weight is 436 g/mol. The van der Waals surface area contributed by atoms with E-state index in [4.69, 9.17) is 0 Å². The monoisotopic (exact) mass is 436 g/mol. The van der Waals surface area contributed by atoms with Gasteiger partial charge in [-0.2, -0.15) is 0 Å². The lowest BCUT2D eigenvalue weighted by Crippen LogP contribution is -2.60. The lowest BCUT2D eigenvalue weighted by atomic mass is 9.75. The second-order valence-corrected chi connectivity index (χ2v) is 9.34. The summed E-state index contributed by atoms with van der Waals surface area (Å²) in [5.41, 5.74) is 1.32. The zero-order valence-corrected chi connectivity index (χ0v) is 18.2. The van der Waals surface area contributed by atoms with Gasteiger partial charge in [0.25, 0.3) is 0 Å². The highest BCUT2D eigenvalue weighted by atomic mass is 19.1. The first-order valence-corrected chi connectivity index (χ1v) is 10.6. The number of aryl methyl sites for hydroxylation is 1. The number of aromatic nitrogens is 7. The van der Waals surface area contributed by atoms with E-state index in [2.05, 4.69) is 49.4 Å². The summed E-state index contributed by atoms with van der Waals surface area (Å²) in [6, 6.07) is 4.95. The minimum atomic E-state index is -1.07. The molecule has 1 aromatic carbocycles. The first-order chi connectivity index (χ1) is 15.2. The Balaban J connectivity index is 1.38. The van der Waals surface area contributed by atoms with Crippen LogP contribution < -0.4 is 5.32 Å². The lowest BCUT2D eigenvalue weighted by molar-refractivity contribution is 0.0769. The minimum Gasteiger partial charge on any atom is -0.507 e. The van der Waals surface area contributed by atoms with E-state index in [0.29, 0.717) is 40.6 Å². The SMILES string of the molecule is C=C(c1ncc(-c2ccc(-n3nnc(C)n3)cc2O)nn1)[C@@H]1C[C@@]2(C)CC[C@](C)(N2)[C@H]1F. The van der Waals surface area contributed by atoms with Crippen LogP contribution in [0.4, 0.5) is 4.39 Å². The third kappa shape index (κ3) is 3.35. The van der Waals surface area contributed by atoms with Gasteiger partial charge in [-0.05, 0) is 63.0 Å². The second kappa shape index (κ2) is 7.13. The Morgan fingerprint density at radius 1 is 1.25 bits per heavy atom. The van der Waals surface area contributed by atoms with Crippen molar-refractivity contribution in [1.29, 1.82) is 0 Å². The van der Waals surface area contributed by atoms with Crippen LogP contribution in [-0.4, -0.2) is 57.7 Å². The van der Waals surface area contributed by atoms with E-state index in [1.807, 2.05) is 6.92 Å². The molecule has 0 saturated carbocycles. The molecule has 32 heavy (non-hydrogen) atoms. The molecule has 2 aliphatic rings. The topological polar surface area (TPSA) is 115 Å². The van der Waals surface area contributed by atoms with E-state index in [0.717, 1.165) is 12.8 Å². The molecule has 4 atom stereocenters. The molecule has 0 amide bonds. The van der Waals surface area contributed by atoms with Crippen molar-refractivity contribution in [3.8, 4) is 22.7 Å². The van der Waals surface area contributed by atoms with E-state index in [9.17, 15) is 5.11 Å². The van der Waals surface area contributed by atoms with E-state index in [1.54, 1.807) is 19.1 Å². The Hall–Kier alpha value is -3.27. The standard InChI is InChI=1S/C22H25FN8O/c1-12(16-10-21(3)7-8-22(4,29-21)19(16)23)20-24-11-17(26-27-20)15-6-5-14(9-18(15)32)31-28-13(2)25-30-31/h5-6,9,11,16,19,29,32H,1,7-8,10H2,2-4H3/t16-,19-,21+,22-/m0/s1. The summed E-state index contributed by atoms with van der Waals surface area (Å²) in [5.74, 6) is 0.473. The van der Waals surface area contributed by atoms with Crippen LogP contribution in [0.15, 0.2) is 31.0 Å². The molecule has 0 radical (unpaired) electrons. The number of phenolic OH excluding ortho intramolecular Hbond substituents is 1. The summed E-state index contributed by atoms with van der Waals surface area (Å²) in [5, 5.41) is 34.3. The highest BCUT2D eigenvalue weighted by molar-refractivity contribution is 5.68. The van der Waals surface area contributed by atoms with Gasteiger partial charge in [0.15, 0.2) is 11.6 Å². The molecule has 4 heterocycles. The van der Waals surface area contributed by atoms with Crippen LogP contribution in [-0.2, 0) is 0 Å². The van der Waals surface area contributed by atoms with Crippen LogP contribution in [0.3, 0.4) is 0 Å². The van der Waals surface area contributed by atoms with Gasteiger partial charge < -0.3 is 10.4 Å². The molecule has 3 aromatic rings. The maximum absolute atomic E-state index is 15.4. The van der Waals surface area contributed by atoms with Gasteiger partial charge >= 0.3 is 0 Å². The maximum Gasteiger partial charge on any atom is 0.177 e. The largest absolute Gasteiger partial charge is 0.507 e. The number of benzene rings is 1. The number of hydrogen-bond acceptors (Lipinski definition) is 8. The molecule has 0 spiro atoms. The van der Waals surface area contributed by atoms with Gasteiger partial charge in [-0.1, -0.05) is 6.58 Å². The number of aromatic hydroxyl groups is 1. The third-order valence-corrected chi connectivity index (χ3v) is 6.71. The number of allylic oxidation sites excluding steroid dienone is 1. The van der Waals surface area contributed by atoms with Gasteiger partial charge in [0.2, 0.25) is 0 Å². The maximum atomic E-state index is 15.4. The minimum absolute atomic E-state index is 0.0141. The Morgan fingerprint density at radius 2 is 2.06 bits per heavy atom. The molecule has 166 valence electrons. The number of nitrogens with one attached hydrogen (secondary N) is 1. The van der Waals surface area contributed by atoms with Crippen molar-refractivity contribution in [1.82, 2.24) is 40.7 Å². The number of nitrogens with zero attached hydrogens (tertiary/aromatic N) is 7. The van der Waals surface area contributed by atoms with Gasteiger partial charge in [0, 0.05) is 28.6 Å². The highest BCUT2D eigenvalue weighted by Gasteiger charge is 2.56. The predicted octanol–water partition coefficient (Wildman–Crippen LogP) is 2.80. The lowest BCUT2D eigenvalue weighted by Gasteiger charge is -2.45. The van der Waals surface area contributed by atoms with E-state index in [1.165, 1.54) is 17.1 Å². The number of rotatable bonds is 4. The molecule has 2 bridgehead atoms. The fraction of sp³-hybridized carbons (Fsp3) is 0.455. The summed E-state index contributed by atoms with van der Waals surface area (Å²) in [6.07, 6.45) is 2.83. The predicted molar refractivity (Wildman–Crippen MR) is 116 cm³/mol. The van der Waals surface area contributed by atoms with Gasteiger partial charge in [0.05, 0.1) is 11.9 Å². The molecule has 0 unspecified atom stereocenters. The summed E-state index contributed by atoms with van der Waals surface area (Å²) >= 11 is 0. The molecule has 2 N–H and O–H groups in total. The van der Waals surface area contributed by atoms with E-state index < -0.39 is 11.7 Å². The molecule has 2 fully saturated rings. The number of tetrazole rings is 1. The number of alkyl halides is 1. The fourth-order valence-corrected chi connectivity index (χ4v) is 5.01. The fourth-order valence-electron chi connectivity index (χ4n) is 5.01. The van der Waals surface area contributed by atoms with Crippen molar-refractivity contribution >= 4 is 5.57 Å². The third-order valence-electron chi connectivity index (χ3n) is 6.71. The van der Waals surface area contributed by atoms with Crippen LogP contribution >= 0.6 is 0 Å². The molecule has 5 rings (SSSR count). The zero-order valence-electron chi connectivity index (χ0n) is 18.2. The molecule has 2 saturated heterocycles. The van der Waals surface area contributed by atoms with Crippen LogP contribution in [0.1, 0.15) is 44.8 Å². The van der Waals surface area contributed by atoms with Crippen molar-refractivity contribution in [2.75, 3.05) is 0 Å². The first kappa shape index (κ1) is 20.6. The first-order valence-electron chi connectivity index (χ1n) is 10.6. The smallest absolute Gasteiger partial charge is 0.177 e. The Kier molecular flexibility index (Phi) is 4.59. The number of piperidine rings is 1. The molecule has 9 nitrogen and oxygen atoms in total. The molecule has 0 aliphatic carbocycles. The van der Waals surface area contributed by atoms with Crippen molar-refractivity contribution in [3.63, 3.8) is 0 Å². The van der Waals surface area contributed by atoms with E-state index >= 15 is 4.39 Å². The second-order valence-electron chi connectivity index (χ2n) is 9.34. The molecular weight excluding hydrogens is 411 g/mol. The van der Waals surface area contributed by atoms with Gasteiger partial charge in [-0.3, -0.25) is 0 Å². The highest BCUT2D eigenvalue weighted by Crippen LogP contribution is 2.49. The van der Waals surface area contributed by atoms with Crippen LogP contribution in [0.25, 0.3) is 22.5 Å². The van der Waals surface area contributed by atoms with Crippen molar-refractivity contribution in [3.05, 3.63) is 42.6 Å². The van der Waals surface area contributed by atoms with E-state index in [-0.39, 0.29) is 17.2 Å². The Morgan fingerprint density at radius 3 is 2.72 bits per heavy atom. The summed E-state index contributed by atoms with van der Waals surface area (Å²) in [4.78, 5) is 5.72. The van der Waals surface area contributed by atoms with Crippen LogP contribution in [0.5, 0.6) is 5.75 Å². The quantitative estimate of drug-likeness (QED) is 0.642. The molecular formula is C22H25FN8O. The molecule has 10 heteroatoms. The van der Waals surface area contributed by atoms with Crippen LogP contribution in [0.2, 0.25) is 0 Å². The number of hydrogen-bond donors (Lipinski definition) is 2. The molecule has 2 aliphatic heterocycles. The summed E-state index contributed by atoms with van der Waals surface area (Å²) in [6.45, 7) is 9.92. The van der Waals surface area contributed by atoms with Crippen molar-refractivity contribution in [2.24, 2.45) is 5.92 Å². The normalized spacial score (nSPS) is 29.2. The molecule has 2 aromatic heterocycles. The Labute approximate surface area is 184 Å². The summed E-state index contributed by atoms with van der Waals surface area (Å²) in [7, 11) is 0. The number of halogens is 1. The number of phenols is 1. The average Bonchev–Trinajstić information content (AvgIpc) is 3.32.